The Hall–Kier alpha value is 0.440. The van der Waals surface area contributed by atoms with Gasteiger partial charge in [0.1, 0.15) is 0 Å². The molecule has 46 valence electrons. The lowest BCUT2D eigenvalue weighted by atomic mass is 10.5. The highest BCUT2D eigenvalue weighted by Gasteiger charge is 1.89. The van der Waals surface area contributed by atoms with E-state index in [1.54, 1.807) is 0 Å². The maximum absolute atomic E-state index is 3.35. The Balaban J connectivity index is 4.04. The lowest BCUT2D eigenvalue weighted by Crippen LogP contribution is -1.65. The average Bonchev–Trinajstić information content (AvgIpc) is 1.84. The van der Waals surface area contributed by atoms with Gasteiger partial charge < -0.3 is 0 Å². The van der Waals surface area contributed by atoms with Crippen LogP contribution in [0.25, 0.3) is 0 Å². The maximum atomic E-state index is 3.35. The highest BCUT2D eigenvalue weighted by atomic mass is 79.9. The zero-order chi connectivity index (χ0) is 6.57. The minimum absolute atomic E-state index is 1.10. The van der Waals surface area contributed by atoms with Crippen LogP contribution >= 0.6 is 31.9 Å². The Morgan fingerprint density at radius 2 is 1.25 bits per heavy atom. The second-order valence-corrected chi connectivity index (χ2v) is 2.98. The summed E-state index contributed by atoms with van der Waals surface area (Å²) in [6.45, 7) is 3.96. The van der Waals surface area contributed by atoms with Crippen molar-refractivity contribution in [2.45, 2.75) is 13.8 Å². The van der Waals surface area contributed by atoms with Gasteiger partial charge in [-0.25, -0.2) is 0 Å². The fourth-order valence-corrected chi connectivity index (χ4v) is 0.734. The van der Waals surface area contributed by atoms with Crippen LogP contribution in [0, 0.1) is 0 Å². The summed E-state index contributed by atoms with van der Waals surface area (Å²) in [5.74, 6) is 0. The van der Waals surface area contributed by atoms with Crippen LogP contribution in [0.5, 0.6) is 0 Å². The molecule has 0 saturated carbocycles. The van der Waals surface area contributed by atoms with E-state index in [9.17, 15) is 0 Å². The van der Waals surface area contributed by atoms with E-state index in [1.165, 1.54) is 0 Å². The monoisotopic (exact) mass is 238 g/mol. The van der Waals surface area contributed by atoms with E-state index in [0.717, 1.165) is 8.96 Å². The molecule has 0 aliphatic rings. The molecule has 0 nitrogen and oxygen atoms in total. The van der Waals surface area contributed by atoms with Gasteiger partial charge in [-0.3, -0.25) is 0 Å². The SMILES string of the molecule is C/C=C(Br)/C(Br)=C/C. The van der Waals surface area contributed by atoms with Gasteiger partial charge >= 0.3 is 0 Å². The first-order valence-corrected chi connectivity index (χ1v) is 3.95. The summed E-state index contributed by atoms with van der Waals surface area (Å²) in [6.07, 6.45) is 3.98. The third kappa shape index (κ3) is 2.68. The highest BCUT2D eigenvalue weighted by Crippen LogP contribution is 2.21. The number of hydrogen-bond acceptors (Lipinski definition) is 0. The zero-order valence-electron chi connectivity index (χ0n) is 4.91. The summed E-state index contributed by atoms with van der Waals surface area (Å²) in [6, 6.07) is 0. The fraction of sp³-hybridized carbons (Fsp3) is 0.333. The van der Waals surface area contributed by atoms with Gasteiger partial charge in [-0.2, -0.15) is 0 Å². The lowest BCUT2D eigenvalue weighted by molar-refractivity contribution is 1.65. The number of halogens is 2. The predicted octanol–water partition coefficient (Wildman–Crippen LogP) is 3.58. The Morgan fingerprint density at radius 3 is 1.38 bits per heavy atom. The summed E-state index contributed by atoms with van der Waals surface area (Å²) in [7, 11) is 0. The van der Waals surface area contributed by atoms with Crippen molar-refractivity contribution < 1.29 is 0 Å². The smallest absolute Gasteiger partial charge is 0.0271 e. The quantitative estimate of drug-likeness (QED) is 0.614. The second kappa shape index (κ2) is 4.33. The molecule has 0 atom stereocenters. The van der Waals surface area contributed by atoms with E-state index >= 15 is 0 Å². The van der Waals surface area contributed by atoms with Crippen LogP contribution in [0.3, 0.4) is 0 Å². The van der Waals surface area contributed by atoms with Gasteiger partial charge in [-0.05, 0) is 45.7 Å². The topological polar surface area (TPSA) is 0 Å². The molecule has 0 aliphatic carbocycles. The number of allylic oxidation sites excluding steroid dienone is 4. The third-order valence-electron chi connectivity index (χ3n) is 0.735. The standard InChI is InChI=1S/C6H8Br2/c1-3-5(7)6(8)4-2/h3-4H,1-2H3/b5-3-,6-4-. The Morgan fingerprint density at radius 1 is 1.00 bits per heavy atom. The van der Waals surface area contributed by atoms with E-state index in [4.69, 9.17) is 0 Å². The summed E-state index contributed by atoms with van der Waals surface area (Å²) in [5, 5.41) is 0. The van der Waals surface area contributed by atoms with Crippen LogP contribution in [0.2, 0.25) is 0 Å². The first-order valence-electron chi connectivity index (χ1n) is 2.36. The van der Waals surface area contributed by atoms with Gasteiger partial charge in [0, 0.05) is 8.96 Å². The van der Waals surface area contributed by atoms with Crippen LogP contribution in [0.1, 0.15) is 13.8 Å². The first-order chi connectivity index (χ1) is 3.72. The molecule has 0 radical (unpaired) electrons. The summed E-state index contributed by atoms with van der Waals surface area (Å²) in [5.41, 5.74) is 0. The predicted molar refractivity (Wildman–Crippen MR) is 45.4 cm³/mol. The average molecular weight is 240 g/mol. The van der Waals surface area contributed by atoms with Crippen molar-refractivity contribution in [3.8, 4) is 0 Å². The van der Waals surface area contributed by atoms with Gasteiger partial charge in [-0.15, -0.1) is 0 Å². The lowest BCUT2D eigenvalue weighted by Gasteiger charge is -1.90. The molecule has 0 heterocycles. The Bertz CT molecular complexity index is 106. The Labute approximate surface area is 66.9 Å². The molecule has 2 heteroatoms. The summed E-state index contributed by atoms with van der Waals surface area (Å²) < 4.78 is 2.19. The van der Waals surface area contributed by atoms with E-state index < -0.39 is 0 Å². The minimum atomic E-state index is 1.10. The second-order valence-electron chi connectivity index (χ2n) is 1.27. The number of rotatable bonds is 1. The molecule has 0 aromatic rings. The fourth-order valence-electron chi connectivity index (χ4n) is 0.276. The zero-order valence-corrected chi connectivity index (χ0v) is 8.08. The van der Waals surface area contributed by atoms with Crippen LogP contribution in [0.4, 0.5) is 0 Å². The molecule has 0 unspecified atom stereocenters. The molecule has 0 amide bonds. The molecule has 0 aromatic heterocycles. The van der Waals surface area contributed by atoms with Crippen LogP contribution in [-0.4, -0.2) is 0 Å². The van der Waals surface area contributed by atoms with Crippen molar-refractivity contribution in [1.82, 2.24) is 0 Å². The highest BCUT2D eigenvalue weighted by molar-refractivity contribution is 9.15. The van der Waals surface area contributed by atoms with Gasteiger partial charge in [0.15, 0.2) is 0 Å². The third-order valence-corrected chi connectivity index (χ3v) is 3.04. The van der Waals surface area contributed by atoms with Crippen molar-refractivity contribution in [2.75, 3.05) is 0 Å². The van der Waals surface area contributed by atoms with E-state index in [-0.39, 0.29) is 0 Å². The van der Waals surface area contributed by atoms with Gasteiger partial charge in [0.25, 0.3) is 0 Å². The first kappa shape index (κ1) is 8.44. The van der Waals surface area contributed by atoms with Crippen molar-refractivity contribution in [3.63, 3.8) is 0 Å². The molecule has 0 rings (SSSR count). The minimum Gasteiger partial charge on any atom is -0.0723 e. The maximum Gasteiger partial charge on any atom is 0.0271 e. The van der Waals surface area contributed by atoms with E-state index in [2.05, 4.69) is 31.9 Å². The molecular formula is C6H8Br2. The van der Waals surface area contributed by atoms with Crippen LogP contribution in [-0.2, 0) is 0 Å². The van der Waals surface area contributed by atoms with E-state index in [1.807, 2.05) is 26.0 Å². The summed E-state index contributed by atoms with van der Waals surface area (Å²) >= 11 is 6.70. The molecular weight excluding hydrogens is 232 g/mol. The normalized spacial score (nSPS) is 14.5. The molecule has 0 N–H and O–H groups in total. The molecule has 8 heavy (non-hydrogen) atoms. The molecule has 0 saturated heterocycles. The largest absolute Gasteiger partial charge is 0.0723 e. The van der Waals surface area contributed by atoms with Gasteiger partial charge in [0.2, 0.25) is 0 Å². The van der Waals surface area contributed by atoms with E-state index in [0.29, 0.717) is 0 Å². The van der Waals surface area contributed by atoms with Crippen molar-refractivity contribution in [2.24, 2.45) is 0 Å². The van der Waals surface area contributed by atoms with Gasteiger partial charge in [-0.1, -0.05) is 12.2 Å². The summed E-state index contributed by atoms with van der Waals surface area (Å²) in [4.78, 5) is 0. The van der Waals surface area contributed by atoms with Crippen molar-refractivity contribution in [3.05, 3.63) is 21.1 Å². The van der Waals surface area contributed by atoms with Crippen molar-refractivity contribution in [1.29, 1.82) is 0 Å². The Kier molecular flexibility index (Phi) is 4.57. The van der Waals surface area contributed by atoms with Gasteiger partial charge in [0.05, 0.1) is 0 Å². The molecule has 0 bridgehead atoms. The number of hydrogen-bond donors (Lipinski definition) is 0. The molecule has 0 aromatic carbocycles. The molecule has 0 fully saturated rings. The van der Waals surface area contributed by atoms with Crippen LogP contribution < -0.4 is 0 Å². The van der Waals surface area contributed by atoms with Crippen molar-refractivity contribution >= 4 is 31.9 Å². The molecule has 0 spiro atoms. The molecule has 0 aliphatic heterocycles. The van der Waals surface area contributed by atoms with Crippen LogP contribution in [0.15, 0.2) is 21.1 Å².